The lowest BCUT2D eigenvalue weighted by Crippen LogP contribution is -2.08. The summed E-state index contributed by atoms with van der Waals surface area (Å²) in [5.74, 6) is 0. The monoisotopic (exact) mass is 854 g/mol. The van der Waals surface area contributed by atoms with E-state index in [4.69, 9.17) is 0 Å². The second kappa shape index (κ2) is 29.8. The van der Waals surface area contributed by atoms with Crippen molar-refractivity contribution >= 4 is 11.4 Å². The van der Waals surface area contributed by atoms with Gasteiger partial charge < -0.3 is 4.90 Å². The van der Waals surface area contributed by atoms with Gasteiger partial charge >= 0.3 is 0 Å². The Hall–Kier alpha value is -6.44. The lowest BCUT2D eigenvalue weighted by atomic mass is 9.99. The predicted molar refractivity (Wildman–Crippen MR) is 295 cm³/mol. The van der Waals surface area contributed by atoms with Gasteiger partial charge in [0.15, 0.2) is 0 Å². The lowest BCUT2D eigenvalue weighted by molar-refractivity contribution is 1.20. The normalized spacial score (nSPS) is 9.20. The molecular formula is C63H83N. The van der Waals surface area contributed by atoms with Crippen LogP contribution < -0.4 is 4.90 Å². The van der Waals surface area contributed by atoms with Gasteiger partial charge in [-0.3, -0.25) is 0 Å². The summed E-state index contributed by atoms with van der Waals surface area (Å²) in [6.07, 6.45) is 0. The SMILES string of the molecule is C.C.C.C.C.C.Cc1ccc(-c2ccc(-c3ccc(C)cc3)cc2)cc1.Cc1ccc(-c2ccc(C)cc2)cc1.Cc1ccc(C)cc1.Cc1ccc(N(C)c2ccc(C)cc2)cc1. The molecule has 64 heavy (non-hydrogen) atoms. The Morgan fingerprint density at radius 2 is 0.297 bits per heavy atom. The zero-order valence-corrected chi connectivity index (χ0v) is 35.9. The van der Waals surface area contributed by atoms with Crippen molar-refractivity contribution < 1.29 is 0 Å². The molecule has 0 fully saturated rings. The zero-order chi connectivity index (χ0) is 41.4. The van der Waals surface area contributed by atoms with Gasteiger partial charge in [-0.15, -0.1) is 0 Å². The number of anilines is 2. The second-order valence-electron chi connectivity index (χ2n) is 15.4. The highest BCUT2D eigenvalue weighted by Gasteiger charge is 2.03. The molecule has 8 aromatic rings. The Bertz CT molecular complexity index is 2210. The van der Waals surface area contributed by atoms with Crippen LogP contribution in [0.1, 0.15) is 89.1 Å². The average molecular weight is 854 g/mol. The molecule has 0 bridgehead atoms. The third kappa shape index (κ3) is 18.9. The van der Waals surface area contributed by atoms with E-state index in [2.05, 4.69) is 261 Å². The minimum Gasteiger partial charge on any atom is -0.345 e. The molecule has 0 saturated heterocycles. The number of nitrogens with zero attached hydrogens (tertiary/aromatic N) is 1. The maximum atomic E-state index is 2.19. The second-order valence-corrected chi connectivity index (χ2v) is 15.4. The fraction of sp³-hybridized carbons (Fsp3) is 0.238. The molecular weight excluding hydrogens is 771 g/mol. The molecule has 0 aliphatic heterocycles. The largest absolute Gasteiger partial charge is 0.345 e. The Morgan fingerprint density at radius 1 is 0.188 bits per heavy atom. The van der Waals surface area contributed by atoms with E-state index in [1.54, 1.807) is 0 Å². The molecule has 0 radical (unpaired) electrons. The van der Waals surface area contributed by atoms with Crippen molar-refractivity contribution in [2.45, 2.75) is 99.9 Å². The van der Waals surface area contributed by atoms with E-state index in [0.29, 0.717) is 0 Å². The summed E-state index contributed by atoms with van der Waals surface area (Å²) >= 11 is 0. The summed E-state index contributed by atoms with van der Waals surface area (Å²) in [7, 11) is 2.09. The van der Waals surface area contributed by atoms with Gasteiger partial charge in [0.25, 0.3) is 0 Å². The van der Waals surface area contributed by atoms with Crippen LogP contribution in [0, 0.1) is 55.4 Å². The molecule has 0 aromatic heterocycles. The summed E-state index contributed by atoms with van der Waals surface area (Å²) < 4.78 is 0. The third-order valence-corrected chi connectivity index (χ3v) is 10.2. The first-order valence-corrected chi connectivity index (χ1v) is 20.2. The van der Waals surface area contributed by atoms with E-state index < -0.39 is 0 Å². The zero-order valence-electron chi connectivity index (χ0n) is 35.9. The van der Waals surface area contributed by atoms with Crippen molar-refractivity contribution in [3.05, 3.63) is 239 Å². The number of benzene rings is 8. The van der Waals surface area contributed by atoms with Gasteiger partial charge in [0.2, 0.25) is 0 Å². The van der Waals surface area contributed by atoms with E-state index in [0.717, 1.165) is 0 Å². The maximum absolute atomic E-state index is 2.19. The fourth-order valence-corrected chi connectivity index (χ4v) is 6.16. The average Bonchev–Trinajstić information content (AvgIpc) is 3.24. The van der Waals surface area contributed by atoms with Crippen LogP contribution in [0.2, 0.25) is 0 Å². The summed E-state index contributed by atoms with van der Waals surface area (Å²) in [5.41, 5.74) is 20.5. The van der Waals surface area contributed by atoms with Crippen molar-refractivity contribution in [1.29, 1.82) is 0 Å². The summed E-state index contributed by atoms with van der Waals surface area (Å²) in [4.78, 5) is 2.19. The minimum absolute atomic E-state index is 0. The van der Waals surface area contributed by atoms with Crippen LogP contribution in [0.3, 0.4) is 0 Å². The third-order valence-electron chi connectivity index (χ3n) is 10.2. The minimum atomic E-state index is 0. The van der Waals surface area contributed by atoms with Gasteiger partial charge in [-0.05, 0) is 113 Å². The Morgan fingerprint density at radius 3 is 0.453 bits per heavy atom. The van der Waals surface area contributed by atoms with Crippen LogP contribution >= 0.6 is 0 Å². The number of aryl methyl sites for hydroxylation is 8. The van der Waals surface area contributed by atoms with Gasteiger partial charge in [0.1, 0.15) is 0 Å². The highest BCUT2D eigenvalue weighted by molar-refractivity contribution is 5.71. The van der Waals surface area contributed by atoms with Crippen LogP contribution in [0.25, 0.3) is 33.4 Å². The molecule has 8 rings (SSSR count). The Kier molecular flexibility index (Phi) is 27.8. The van der Waals surface area contributed by atoms with E-state index >= 15 is 0 Å². The Labute approximate surface area is 393 Å². The van der Waals surface area contributed by atoms with Gasteiger partial charge in [-0.25, -0.2) is 0 Å². The van der Waals surface area contributed by atoms with Crippen molar-refractivity contribution in [3.8, 4) is 33.4 Å². The highest BCUT2D eigenvalue weighted by Crippen LogP contribution is 2.26. The predicted octanol–water partition coefficient (Wildman–Crippen LogP) is 19.8. The summed E-state index contributed by atoms with van der Waals surface area (Å²) in [6, 6.07) is 69.0. The quantitative estimate of drug-likeness (QED) is 0.167. The molecule has 0 unspecified atom stereocenters. The number of rotatable bonds is 5. The molecule has 0 amide bonds. The Balaban J connectivity index is 0. The first-order chi connectivity index (χ1) is 27.9. The molecule has 340 valence electrons. The highest BCUT2D eigenvalue weighted by atomic mass is 15.1. The van der Waals surface area contributed by atoms with Crippen molar-refractivity contribution in [2.24, 2.45) is 0 Å². The van der Waals surface area contributed by atoms with Crippen LogP contribution in [-0.2, 0) is 0 Å². The lowest BCUT2D eigenvalue weighted by Gasteiger charge is -2.19. The first-order valence-electron chi connectivity index (χ1n) is 20.2. The smallest absolute Gasteiger partial charge is 0.0408 e. The molecule has 0 aliphatic carbocycles. The summed E-state index contributed by atoms with van der Waals surface area (Å²) in [5, 5.41) is 0. The van der Waals surface area contributed by atoms with Crippen LogP contribution in [0.4, 0.5) is 11.4 Å². The molecule has 8 aromatic carbocycles. The van der Waals surface area contributed by atoms with Gasteiger partial charge in [-0.1, -0.05) is 259 Å². The van der Waals surface area contributed by atoms with Crippen LogP contribution in [0.15, 0.2) is 194 Å². The van der Waals surface area contributed by atoms with Gasteiger partial charge in [0.05, 0.1) is 0 Å². The van der Waals surface area contributed by atoms with Crippen molar-refractivity contribution in [2.75, 3.05) is 11.9 Å². The van der Waals surface area contributed by atoms with Crippen LogP contribution in [-0.4, -0.2) is 7.05 Å². The van der Waals surface area contributed by atoms with Crippen molar-refractivity contribution in [1.82, 2.24) is 0 Å². The first kappa shape index (κ1) is 59.7. The molecule has 0 N–H and O–H groups in total. The molecule has 1 nitrogen and oxygen atoms in total. The number of hydrogen-bond acceptors (Lipinski definition) is 1. The topological polar surface area (TPSA) is 3.24 Å². The molecule has 0 spiro atoms. The molecule has 0 atom stereocenters. The number of hydrogen-bond donors (Lipinski definition) is 0. The van der Waals surface area contributed by atoms with Crippen molar-refractivity contribution in [3.63, 3.8) is 0 Å². The molecule has 0 aliphatic rings. The molecule has 1 heteroatoms. The van der Waals surface area contributed by atoms with Gasteiger partial charge in [-0.2, -0.15) is 0 Å². The molecule has 0 saturated carbocycles. The molecule has 0 heterocycles. The standard InChI is InChI=1S/C20H18.C15H17N.C14H14.C8H10.6CH4/c1-15-3-7-17(8-4-15)19-11-13-20(14-12-19)18-9-5-16(2)6-10-18;1-12-4-8-14(9-5-12)16(3)15-10-6-13(2)7-11-15;1-11-3-7-13(8-4-11)14-9-5-12(2)6-10-14;1-7-3-5-8(2)6-4-7;;;;;;/h3-14H,1-2H3;4-11H,1-3H3;3-10H,1-2H3;3-6H,1-2H3;6*1H4. The fourth-order valence-electron chi connectivity index (χ4n) is 6.16. The van der Waals surface area contributed by atoms with Crippen LogP contribution in [0.5, 0.6) is 0 Å². The van der Waals surface area contributed by atoms with E-state index in [1.807, 2.05) is 0 Å². The van der Waals surface area contributed by atoms with E-state index in [1.165, 1.54) is 89.3 Å². The van der Waals surface area contributed by atoms with Gasteiger partial charge in [0, 0.05) is 18.4 Å². The van der Waals surface area contributed by atoms with E-state index in [-0.39, 0.29) is 44.6 Å². The summed E-state index contributed by atoms with van der Waals surface area (Å²) in [6.45, 7) is 16.9. The van der Waals surface area contributed by atoms with E-state index in [9.17, 15) is 0 Å². The maximum Gasteiger partial charge on any atom is 0.0408 e.